The maximum Gasteiger partial charge on any atom is 0.140 e. The molecule has 20 heavy (non-hydrogen) atoms. The zero-order valence-corrected chi connectivity index (χ0v) is 13.0. The summed E-state index contributed by atoms with van der Waals surface area (Å²) in [7, 11) is 0. The molecular weight excluding hydrogens is 246 g/mol. The molecule has 2 aromatic rings. The Balaban J connectivity index is 2.35. The van der Waals surface area contributed by atoms with Gasteiger partial charge in [0.15, 0.2) is 0 Å². The Kier molecular flexibility index (Phi) is 5.18. The van der Waals surface area contributed by atoms with Crippen molar-refractivity contribution in [2.75, 3.05) is 0 Å². The molecule has 0 saturated carbocycles. The lowest BCUT2D eigenvalue weighted by Crippen LogP contribution is -2.21. The molecule has 0 aliphatic heterocycles. The molecule has 2 N–H and O–H groups in total. The van der Waals surface area contributed by atoms with Crippen molar-refractivity contribution in [1.29, 1.82) is 0 Å². The minimum Gasteiger partial charge on any atom is -0.332 e. The molecule has 0 radical (unpaired) electrons. The second-order valence-corrected chi connectivity index (χ2v) is 5.74. The molecule has 110 valence electrons. The van der Waals surface area contributed by atoms with Crippen LogP contribution in [0.25, 0.3) is 11.0 Å². The second-order valence-electron chi connectivity index (χ2n) is 5.74. The van der Waals surface area contributed by atoms with Crippen molar-refractivity contribution >= 4 is 11.0 Å². The SMILES string of the molecule is CCC(N)Cc1cn(CC(CC)CC)c2ncccc12. The Hall–Kier alpha value is -1.35. The van der Waals surface area contributed by atoms with Crippen LogP contribution in [0.1, 0.15) is 45.6 Å². The fourth-order valence-electron chi connectivity index (χ4n) is 2.75. The van der Waals surface area contributed by atoms with E-state index in [0.717, 1.165) is 31.0 Å². The second kappa shape index (κ2) is 6.89. The van der Waals surface area contributed by atoms with Gasteiger partial charge in [0.2, 0.25) is 0 Å². The van der Waals surface area contributed by atoms with Crippen molar-refractivity contribution < 1.29 is 0 Å². The molecule has 2 aromatic heterocycles. The standard InChI is InChI=1S/C17H27N3/c1-4-13(5-2)11-20-12-14(10-15(18)6-3)16-8-7-9-19-17(16)20/h7-9,12-13,15H,4-6,10-11,18H2,1-3H3. The van der Waals surface area contributed by atoms with E-state index in [2.05, 4.69) is 42.6 Å². The van der Waals surface area contributed by atoms with Gasteiger partial charge in [0.1, 0.15) is 5.65 Å². The van der Waals surface area contributed by atoms with Gasteiger partial charge in [-0.3, -0.25) is 0 Å². The van der Waals surface area contributed by atoms with Gasteiger partial charge in [-0.05, 0) is 36.5 Å². The van der Waals surface area contributed by atoms with Crippen LogP contribution in [0, 0.1) is 5.92 Å². The van der Waals surface area contributed by atoms with Gasteiger partial charge in [-0.25, -0.2) is 4.98 Å². The number of hydrogen-bond donors (Lipinski definition) is 1. The van der Waals surface area contributed by atoms with Gasteiger partial charge in [0.25, 0.3) is 0 Å². The fraction of sp³-hybridized carbons (Fsp3) is 0.588. The summed E-state index contributed by atoms with van der Waals surface area (Å²) < 4.78 is 2.32. The first-order chi connectivity index (χ1) is 9.69. The maximum absolute atomic E-state index is 6.13. The Morgan fingerprint density at radius 1 is 1.20 bits per heavy atom. The highest BCUT2D eigenvalue weighted by atomic mass is 15.0. The lowest BCUT2D eigenvalue weighted by atomic mass is 10.0. The summed E-state index contributed by atoms with van der Waals surface area (Å²) in [5, 5.41) is 1.27. The van der Waals surface area contributed by atoms with Crippen LogP contribution in [0.15, 0.2) is 24.5 Å². The predicted molar refractivity (Wildman–Crippen MR) is 85.8 cm³/mol. The van der Waals surface area contributed by atoms with Crippen molar-refractivity contribution in [3.63, 3.8) is 0 Å². The molecule has 0 aliphatic carbocycles. The van der Waals surface area contributed by atoms with E-state index in [-0.39, 0.29) is 6.04 Å². The number of pyridine rings is 1. The van der Waals surface area contributed by atoms with Crippen LogP contribution in [0.5, 0.6) is 0 Å². The van der Waals surface area contributed by atoms with Gasteiger partial charge in [-0.1, -0.05) is 33.6 Å². The molecule has 0 aromatic carbocycles. The van der Waals surface area contributed by atoms with Crippen molar-refractivity contribution in [3.8, 4) is 0 Å². The highest BCUT2D eigenvalue weighted by Gasteiger charge is 2.13. The summed E-state index contributed by atoms with van der Waals surface area (Å²) in [5.74, 6) is 0.723. The van der Waals surface area contributed by atoms with Gasteiger partial charge < -0.3 is 10.3 Å². The third kappa shape index (κ3) is 3.21. The molecule has 0 aliphatic rings. The van der Waals surface area contributed by atoms with Crippen LogP contribution in [-0.4, -0.2) is 15.6 Å². The third-order valence-electron chi connectivity index (χ3n) is 4.33. The normalized spacial score (nSPS) is 13.2. The van der Waals surface area contributed by atoms with Gasteiger partial charge in [0, 0.05) is 30.4 Å². The van der Waals surface area contributed by atoms with E-state index in [4.69, 9.17) is 5.73 Å². The summed E-state index contributed by atoms with van der Waals surface area (Å²) in [6.07, 6.45) is 8.54. The zero-order valence-electron chi connectivity index (χ0n) is 13.0. The third-order valence-corrected chi connectivity index (χ3v) is 4.33. The van der Waals surface area contributed by atoms with E-state index >= 15 is 0 Å². The van der Waals surface area contributed by atoms with Gasteiger partial charge in [-0.15, -0.1) is 0 Å². The zero-order chi connectivity index (χ0) is 14.5. The van der Waals surface area contributed by atoms with Crippen molar-refractivity contribution in [3.05, 3.63) is 30.1 Å². The molecule has 0 amide bonds. The molecule has 3 heteroatoms. The summed E-state index contributed by atoms with van der Waals surface area (Å²) in [6, 6.07) is 4.43. The monoisotopic (exact) mass is 273 g/mol. The Morgan fingerprint density at radius 3 is 2.60 bits per heavy atom. The number of nitrogens with zero attached hydrogens (tertiary/aromatic N) is 2. The van der Waals surface area contributed by atoms with E-state index in [1.165, 1.54) is 23.8 Å². The first-order valence-corrected chi connectivity index (χ1v) is 7.87. The van der Waals surface area contributed by atoms with E-state index < -0.39 is 0 Å². The van der Waals surface area contributed by atoms with E-state index in [1.807, 2.05) is 12.3 Å². The van der Waals surface area contributed by atoms with E-state index in [0.29, 0.717) is 0 Å². The molecule has 2 heterocycles. The molecule has 1 atom stereocenters. The van der Waals surface area contributed by atoms with E-state index in [9.17, 15) is 0 Å². The maximum atomic E-state index is 6.13. The summed E-state index contributed by atoms with van der Waals surface area (Å²) in [5.41, 5.74) is 8.58. The number of rotatable bonds is 7. The Morgan fingerprint density at radius 2 is 1.95 bits per heavy atom. The summed E-state index contributed by atoms with van der Waals surface area (Å²) in [4.78, 5) is 4.58. The largest absolute Gasteiger partial charge is 0.332 e. The van der Waals surface area contributed by atoms with Crippen LogP contribution < -0.4 is 5.73 Å². The lowest BCUT2D eigenvalue weighted by molar-refractivity contribution is 0.423. The summed E-state index contributed by atoms with van der Waals surface area (Å²) >= 11 is 0. The van der Waals surface area contributed by atoms with Crippen LogP contribution >= 0.6 is 0 Å². The van der Waals surface area contributed by atoms with Crippen LogP contribution in [0.4, 0.5) is 0 Å². The number of nitrogens with two attached hydrogens (primary N) is 1. The van der Waals surface area contributed by atoms with Crippen molar-refractivity contribution in [1.82, 2.24) is 9.55 Å². The molecule has 0 fully saturated rings. The first-order valence-electron chi connectivity index (χ1n) is 7.87. The molecular formula is C17H27N3. The molecule has 0 spiro atoms. The van der Waals surface area contributed by atoms with Crippen LogP contribution in [0.2, 0.25) is 0 Å². The quantitative estimate of drug-likeness (QED) is 0.835. The molecule has 1 unspecified atom stereocenters. The van der Waals surface area contributed by atoms with Crippen molar-refractivity contribution in [2.45, 2.75) is 59.0 Å². The van der Waals surface area contributed by atoms with Gasteiger partial charge >= 0.3 is 0 Å². The fourth-order valence-corrected chi connectivity index (χ4v) is 2.75. The average Bonchev–Trinajstić information content (AvgIpc) is 2.82. The summed E-state index contributed by atoms with van der Waals surface area (Å²) in [6.45, 7) is 7.73. The molecule has 2 rings (SSSR count). The first kappa shape index (κ1) is 15.0. The molecule has 0 bridgehead atoms. The Bertz CT molecular complexity index is 540. The predicted octanol–water partition coefficient (Wildman–Crippen LogP) is 3.75. The number of aromatic nitrogens is 2. The number of hydrogen-bond acceptors (Lipinski definition) is 2. The van der Waals surface area contributed by atoms with Crippen molar-refractivity contribution in [2.24, 2.45) is 11.7 Å². The lowest BCUT2D eigenvalue weighted by Gasteiger charge is -2.13. The van der Waals surface area contributed by atoms with Crippen LogP contribution in [-0.2, 0) is 13.0 Å². The molecule has 0 saturated heterocycles. The topological polar surface area (TPSA) is 43.8 Å². The molecule has 3 nitrogen and oxygen atoms in total. The minimum absolute atomic E-state index is 0.238. The van der Waals surface area contributed by atoms with Gasteiger partial charge in [-0.2, -0.15) is 0 Å². The average molecular weight is 273 g/mol. The Labute approximate surface area is 122 Å². The highest BCUT2D eigenvalue weighted by molar-refractivity contribution is 5.80. The van der Waals surface area contributed by atoms with Crippen LogP contribution in [0.3, 0.4) is 0 Å². The van der Waals surface area contributed by atoms with E-state index in [1.54, 1.807) is 0 Å². The number of fused-ring (bicyclic) bond motifs is 1. The highest BCUT2D eigenvalue weighted by Crippen LogP contribution is 2.23. The smallest absolute Gasteiger partial charge is 0.140 e. The van der Waals surface area contributed by atoms with Gasteiger partial charge in [0.05, 0.1) is 0 Å². The minimum atomic E-state index is 0.238.